The van der Waals surface area contributed by atoms with Crippen LogP contribution in [0.1, 0.15) is 46.5 Å². The zero-order valence-corrected chi connectivity index (χ0v) is 9.29. The number of thioether (sulfide) groups is 1. The van der Waals surface area contributed by atoms with Gasteiger partial charge in [0.05, 0.1) is 0 Å². The van der Waals surface area contributed by atoms with Gasteiger partial charge in [0.15, 0.2) is 0 Å². The first-order chi connectivity index (χ1) is 5.65. The van der Waals surface area contributed by atoms with Gasteiger partial charge in [0.25, 0.3) is 0 Å². The van der Waals surface area contributed by atoms with E-state index < -0.39 is 0 Å². The van der Waals surface area contributed by atoms with Crippen LogP contribution in [0.5, 0.6) is 0 Å². The fourth-order valence-electron chi connectivity index (χ4n) is 2.95. The molecule has 2 unspecified atom stereocenters. The molecular formula is C11H20S. The Morgan fingerprint density at radius 1 is 1.00 bits per heavy atom. The molecule has 70 valence electrons. The smallest absolute Gasteiger partial charge is 0.00885 e. The normalized spacial score (nSPS) is 53.8. The van der Waals surface area contributed by atoms with Gasteiger partial charge in [0.2, 0.25) is 0 Å². The van der Waals surface area contributed by atoms with Crippen LogP contribution in [-0.2, 0) is 0 Å². The van der Waals surface area contributed by atoms with Crippen LogP contribution in [0.25, 0.3) is 0 Å². The van der Waals surface area contributed by atoms with Crippen molar-refractivity contribution in [1.29, 1.82) is 0 Å². The van der Waals surface area contributed by atoms with Gasteiger partial charge in [0, 0.05) is 10.5 Å². The molecule has 0 aromatic heterocycles. The minimum Gasteiger partial charge on any atom is -0.154 e. The summed E-state index contributed by atoms with van der Waals surface area (Å²) in [5.74, 6) is 1.00. The Morgan fingerprint density at radius 2 is 1.50 bits per heavy atom. The fraction of sp³-hybridized carbons (Fsp3) is 1.00. The fourth-order valence-corrected chi connectivity index (χ4v) is 4.76. The van der Waals surface area contributed by atoms with Gasteiger partial charge in [-0.1, -0.05) is 33.6 Å². The van der Waals surface area contributed by atoms with Crippen molar-refractivity contribution in [2.75, 3.05) is 0 Å². The summed E-state index contributed by atoms with van der Waals surface area (Å²) in [6, 6.07) is 0. The van der Waals surface area contributed by atoms with Crippen LogP contribution in [-0.4, -0.2) is 10.5 Å². The molecule has 2 aliphatic rings. The van der Waals surface area contributed by atoms with Gasteiger partial charge in [-0.3, -0.25) is 0 Å². The van der Waals surface area contributed by atoms with Gasteiger partial charge < -0.3 is 0 Å². The van der Waals surface area contributed by atoms with E-state index in [0.29, 0.717) is 0 Å². The monoisotopic (exact) mass is 184 g/mol. The average Bonchev–Trinajstić information content (AvgIpc) is 2.06. The standard InChI is InChI=1S/C11H20S/c1-8-4-6-11(7-5-8)9(2)12-10(11)3/h8-10H,4-7H2,1-3H3. The van der Waals surface area contributed by atoms with E-state index in [1.54, 1.807) is 0 Å². The van der Waals surface area contributed by atoms with E-state index in [-0.39, 0.29) is 0 Å². The van der Waals surface area contributed by atoms with Crippen LogP contribution in [0.2, 0.25) is 0 Å². The van der Waals surface area contributed by atoms with Crippen molar-refractivity contribution in [2.24, 2.45) is 11.3 Å². The van der Waals surface area contributed by atoms with Crippen LogP contribution in [0.3, 0.4) is 0 Å². The number of hydrogen-bond acceptors (Lipinski definition) is 1. The molecule has 1 saturated heterocycles. The second-order valence-corrected chi connectivity index (χ2v) is 6.52. The first kappa shape index (κ1) is 8.93. The molecule has 12 heavy (non-hydrogen) atoms. The highest BCUT2D eigenvalue weighted by Gasteiger charge is 2.51. The first-order valence-electron chi connectivity index (χ1n) is 5.30. The molecule has 0 amide bonds. The predicted molar refractivity (Wildman–Crippen MR) is 56.6 cm³/mol. The zero-order chi connectivity index (χ0) is 8.77. The van der Waals surface area contributed by atoms with Crippen LogP contribution in [0.15, 0.2) is 0 Å². The molecule has 2 atom stereocenters. The largest absolute Gasteiger partial charge is 0.154 e. The molecule has 1 heteroatoms. The van der Waals surface area contributed by atoms with Crippen molar-refractivity contribution >= 4 is 11.8 Å². The van der Waals surface area contributed by atoms with Crippen molar-refractivity contribution < 1.29 is 0 Å². The van der Waals surface area contributed by atoms with E-state index in [1.807, 2.05) is 0 Å². The van der Waals surface area contributed by atoms with Crippen molar-refractivity contribution in [3.63, 3.8) is 0 Å². The molecule has 1 saturated carbocycles. The maximum Gasteiger partial charge on any atom is 0.00885 e. The Morgan fingerprint density at radius 3 is 1.92 bits per heavy atom. The van der Waals surface area contributed by atoms with Crippen molar-refractivity contribution in [3.05, 3.63) is 0 Å². The third-order valence-corrected chi connectivity index (χ3v) is 5.99. The van der Waals surface area contributed by atoms with Gasteiger partial charge >= 0.3 is 0 Å². The minimum absolute atomic E-state index is 0.761. The van der Waals surface area contributed by atoms with Crippen molar-refractivity contribution in [2.45, 2.75) is 57.0 Å². The quantitative estimate of drug-likeness (QED) is 0.553. The van der Waals surface area contributed by atoms with Crippen LogP contribution < -0.4 is 0 Å². The van der Waals surface area contributed by atoms with Gasteiger partial charge in [-0.05, 0) is 24.2 Å². The maximum absolute atomic E-state index is 2.43. The molecule has 0 bridgehead atoms. The van der Waals surface area contributed by atoms with Gasteiger partial charge in [-0.25, -0.2) is 0 Å². The molecule has 1 spiro atoms. The Labute approximate surface area is 80.5 Å². The highest BCUT2D eigenvalue weighted by molar-refractivity contribution is 8.02. The van der Waals surface area contributed by atoms with Gasteiger partial charge in [0.1, 0.15) is 0 Å². The molecular weight excluding hydrogens is 164 g/mol. The Bertz CT molecular complexity index is 158. The molecule has 1 aliphatic heterocycles. The Balaban J connectivity index is 2.02. The Hall–Kier alpha value is 0.350. The van der Waals surface area contributed by atoms with E-state index in [1.165, 1.54) is 25.7 Å². The lowest BCUT2D eigenvalue weighted by Crippen LogP contribution is -2.51. The second kappa shape index (κ2) is 2.94. The summed E-state index contributed by atoms with van der Waals surface area (Å²) < 4.78 is 0. The van der Waals surface area contributed by atoms with Crippen molar-refractivity contribution in [1.82, 2.24) is 0 Å². The molecule has 2 fully saturated rings. The van der Waals surface area contributed by atoms with E-state index in [4.69, 9.17) is 0 Å². The van der Waals surface area contributed by atoms with E-state index in [9.17, 15) is 0 Å². The zero-order valence-electron chi connectivity index (χ0n) is 8.47. The lowest BCUT2D eigenvalue weighted by atomic mass is 9.66. The molecule has 2 rings (SSSR count). The molecule has 1 heterocycles. The summed E-state index contributed by atoms with van der Waals surface area (Å²) in [5, 5.41) is 1.89. The molecule has 0 N–H and O–H groups in total. The van der Waals surface area contributed by atoms with E-state index in [2.05, 4.69) is 32.5 Å². The average molecular weight is 184 g/mol. The number of hydrogen-bond donors (Lipinski definition) is 0. The maximum atomic E-state index is 2.43. The van der Waals surface area contributed by atoms with Crippen LogP contribution in [0.4, 0.5) is 0 Å². The minimum atomic E-state index is 0.761. The summed E-state index contributed by atoms with van der Waals surface area (Å²) in [7, 11) is 0. The molecule has 1 aliphatic carbocycles. The lowest BCUT2D eigenvalue weighted by Gasteiger charge is -2.56. The summed E-state index contributed by atoms with van der Waals surface area (Å²) in [6.45, 7) is 7.27. The SMILES string of the molecule is CC1CCC2(CC1)C(C)SC2C. The van der Waals surface area contributed by atoms with Crippen molar-refractivity contribution in [3.8, 4) is 0 Å². The highest BCUT2D eigenvalue weighted by atomic mass is 32.2. The topological polar surface area (TPSA) is 0 Å². The van der Waals surface area contributed by atoms with Gasteiger partial charge in [-0.2, -0.15) is 11.8 Å². The van der Waals surface area contributed by atoms with Gasteiger partial charge in [-0.15, -0.1) is 0 Å². The summed E-state index contributed by atoms with van der Waals surface area (Å²) in [5.41, 5.74) is 0.761. The number of rotatable bonds is 0. The third-order valence-electron chi connectivity index (χ3n) is 4.23. The van der Waals surface area contributed by atoms with E-state index in [0.717, 1.165) is 21.8 Å². The molecule has 0 aromatic rings. The third kappa shape index (κ3) is 1.13. The van der Waals surface area contributed by atoms with Crippen LogP contribution >= 0.6 is 11.8 Å². The Kier molecular flexibility index (Phi) is 2.18. The summed E-state index contributed by atoms with van der Waals surface area (Å²) in [6.07, 6.45) is 5.97. The molecule has 0 radical (unpaired) electrons. The molecule has 0 nitrogen and oxygen atoms in total. The second-order valence-electron chi connectivity index (χ2n) is 4.84. The summed E-state index contributed by atoms with van der Waals surface area (Å²) >= 11 is 2.19. The first-order valence-corrected chi connectivity index (χ1v) is 6.25. The van der Waals surface area contributed by atoms with E-state index >= 15 is 0 Å². The lowest BCUT2D eigenvalue weighted by molar-refractivity contribution is 0.136. The predicted octanol–water partition coefficient (Wildman–Crippen LogP) is 3.71. The highest BCUT2D eigenvalue weighted by Crippen LogP contribution is 2.60. The summed E-state index contributed by atoms with van der Waals surface area (Å²) in [4.78, 5) is 0. The molecule has 0 aromatic carbocycles. The van der Waals surface area contributed by atoms with Crippen LogP contribution in [0, 0.1) is 11.3 Å².